The third-order valence-electron chi connectivity index (χ3n) is 17.9. The van der Waals surface area contributed by atoms with Gasteiger partial charge in [-0.1, -0.05) is 331 Å². The summed E-state index contributed by atoms with van der Waals surface area (Å²) in [6, 6.07) is 0. The Hall–Kier alpha value is -1.94. The number of rotatable bonds is 73. The molecule has 0 radical (unpaired) electrons. The van der Waals surface area contributed by atoms with Crippen LogP contribution in [0.15, 0.2) is 0 Å². The molecule has 0 bridgehead atoms. The molecule has 0 heterocycles. The Labute approximate surface area is 581 Å². The number of hydrogen-bond acceptors (Lipinski definition) is 15. The minimum absolute atomic E-state index is 0.104. The quantitative estimate of drug-likeness (QED) is 0.0222. The van der Waals surface area contributed by atoms with Gasteiger partial charge in [0.1, 0.15) is 19.3 Å². The lowest BCUT2D eigenvalue weighted by Gasteiger charge is -2.21. The van der Waals surface area contributed by atoms with Crippen LogP contribution in [0.2, 0.25) is 0 Å². The Morgan fingerprint density at radius 2 is 0.505 bits per heavy atom. The monoisotopic (exact) mass is 1400 g/mol. The van der Waals surface area contributed by atoms with Crippen molar-refractivity contribution in [2.24, 2.45) is 23.7 Å². The molecule has 0 amide bonds. The summed E-state index contributed by atoms with van der Waals surface area (Å²) in [5.74, 6) is 0.904. The standard InChI is InChI=1S/C76H148O17P2/c1-9-69(8)55-47-39-30-23-18-16-14-12-10-11-13-15-17-19-24-32-42-50-58-75(80)92-71(62-86-73(78)56-48-40-31-27-26-29-37-45-53-67(4)5)64-90-94(82,83)88-60-70(77)61-89-95(84,85)91-65-72(63-87-74(79)57-49-41-35-34-38-46-54-68(6)7)93-76(81)59-51-43-33-25-21-20-22-28-36-44-52-66(2)3/h66-72,77H,9-65H2,1-8H3,(H,82,83)(H,84,85)/t69?,70-,71-,72-/m1/s1. The minimum atomic E-state index is -4.96. The molecule has 564 valence electrons. The van der Waals surface area contributed by atoms with Crippen LogP contribution in [0.25, 0.3) is 0 Å². The number of phosphoric acid groups is 2. The number of esters is 4. The second-order valence-electron chi connectivity index (χ2n) is 29.1. The molecular weight excluding hydrogens is 1250 g/mol. The topological polar surface area (TPSA) is 237 Å². The van der Waals surface area contributed by atoms with E-state index >= 15 is 0 Å². The second kappa shape index (κ2) is 65.4. The first-order valence-electron chi connectivity index (χ1n) is 39.2. The van der Waals surface area contributed by atoms with Gasteiger partial charge in [0.15, 0.2) is 12.2 Å². The largest absolute Gasteiger partial charge is 0.472 e. The molecule has 0 aliphatic carbocycles. The van der Waals surface area contributed by atoms with Crippen molar-refractivity contribution in [2.45, 2.75) is 401 Å². The maximum atomic E-state index is 13.1. The molecule has 17 nitrogen and oxygen atoms in total. The molecule has 0 saturated heterocycles. The summed E-state index contributed by atoms with van der Waals surface area (Å²) in [4.78, 5) is 72.7. The summed E-state index contributed by atoms with van der Waals surface area (Å²) in [5.41, 5.74) is 0. The molecule has 19 heteroatoms. The van der Waals surface area contributed by atoms with Gasteiger partial charge in [-0.15, -0.1) is 0 Å². The molecule has 6 atom stereocenters. The van der Waals surface area contributed by atoms with Crippen LogP contribution in [0.1, 0.15) is 383 Å². The molecule has 3 unspecified atom stereocenters. The van der Waals surface area contributed by atoms with Crippen LogP contribution >= 0.6 is 15.6 Å². The molecular formula is C76H148O17P2. The SMILES string of the molecule is CCC(C)CCCCCCCCCCCCCCCCCCCCC(=O)O[C@H](COC(=O)CCCCCCCCCCC(C)C)COP(=O)(O)OC[C@@H](O)COP(=O)(O)OC[C@@H](COC(=O)CCCCCCCCC(C)C)OC(=O)CCCCCCCCCCCCC(C)C. The molecule has 95 heavy (non-hydrogen) atoms. The first kappa shape index (κ1) is 93.1. The molecule has 0 aromatic rings. The van der Waals surface area contributed by atoms with Crippen LogP contribution in [-0.4, -0.2) is 96.7 Å². The van der Waals surface area contributed by atoms with E-state index in [9.17, 15) is 43.2 Å². The Bertz CT molecular complexity index is 1870. The molecule has 0 aromatic heterocycles. The van der Waals surface area contributed by atoms with Crippen LogP contribution in [0.3, 0.4) is 0 Å². The van der Waals surface area contributed by atoms with Gasteiger partial charge in [0.2, 0.25) is 0 Å². The Kier molecular flexibility index (Phi) is 64.0. The van der Waals surface area contributed by atoms with E-state index in [1.807, 2.05) is 0 Å². The second-order valence-corrected chi connectivity index (χ2v) is 32.0. The van der Waals surface area contributed by atoms with Gasteiger partial charge >= 0.3 is 39.5 Å². The van der Waals surface area contributed by atoms with E-state index in [2.05, 4.69) is 55.4 Å². The number of hydrogen-bond donors (Lipinski definition) is 3. The highest BCUT2D eigenvalue weighted by Crippen LogP contribution is 2.45. The zero-order valence-electron chi connectivity index (χ0n) is 62.3. The fourth-order valence-electron chi connectivity index (χ4n) is 11.5. The predicted molar refractivity (Wildman–Crippen MR) is 386 cm³/mol. The Balaban J connectivity index is 5.17. The average molecular weight is 1400 g/mol. The molecule has 0 aliphatic heterocycles. The minimum Gasteiger partial charge on any atom is -0.462 e. The molecule has 3 N–H and O–H groups in total. The van der Waals surface area contributed by atoms with E-state index in [0.29, 0.717) is 31.6 Å². The Morgan fingerprint density at radius 3 is 0.747 bits per heavy atom. The van der Waals surface area contributed by atoms with Crippen LogP contribution in [-0.2, 0) is 65.4 Å². The van der Waals surface area contributed by atoms with Crippen molar-refractivity contribution >= 4 is 39.5 Å². The number of aliphatic hydroxyl groups excluding tert-OH is 1. The van der Waals surface area contributed by atoms with Crippen molar-refractivity contribution in [1.82, 2.24) is 0 Å². The van der Waals surface area contributed by atoms with Gasteiger partial charge in [-0.05, 0) is 49.4 Å². The van der Waals surface area contributed by atoms with E-state index in [4.69, 9.17) is 37.0 Å². The predicted octanol–water partition coefficient (Wildman–Crippen LogP) is 22.0. The summed E-state index contributed by atoms with van der Waals surface area (Å²) in [7, 11) is -9.91. The van der Waals surface area contributed by atoms with Crippen LogP contribution in [0, 0.1) is 23.7 Å². The fraction of sp³-hybridized carbons (Fsp3) is 0.947. The summed E-state index contributed by atoms with van der Waals surface area (Å²) in [5, 5.41) is 10.6. The Morgan fingerprint density at radius 1 is 0.295 bits per heavy atom. The number of ether oxygens (including phenoxy) is 4. The van der Waals surface area contributed by atoms with E-state index in [0.717, 1.165) is 114 Å². The molecule has 0 aromatic carbocycles. The fourth-order valence-corrected chi connectivity index (χ4v) is 13.1. The van der Waals surface area contributed by atoms with Crippen molar-refractivity contribution in [2.75, 3.05) is 39.6 Å². The first-order chi connectivity index (χ1) is 45.6. The van der Waals surface area contributed by atoms with Crippen LogP contribution in [0.5, 0.6) is 0 Å². The number of unbranched alkanes of at least 4 members (excludes halogenated alkanes) is 38. The van der Waals surface area contributed by atoms with Crippen molar-refractivity contribution < 1.29 is 80.2 Å². The number of carbonyl (C=O) groups is 4. The van der Waals surface area contributed by atoms with Gasteiger partial charge in [0.05, 0.1) is 26.4 Å². The third kappa shape index (κ3) is 69.0. The van der Waals surface area contributed by atoms with Gasteiger partial charge in [-0.2, -0.15) is 0 Å². The first-order valence-corrected chi connectivity index (χ1v) is 42.2. The van der Waals surface area contributed by atoms with Gasteiger partial charge in [0, 0.05) is 25.7 Å². The normalized spacial score (nSPS) is 14.4. The lowest BCUT2D eigenvalue weighted by molar-refractivity contribution is -0.161. The van der Waals surface area contributed by atoms with Crippen LogP contribution < -0.4 is 0 Å². The highest BCUT2D eigenvalue weighted by molar-refractivity contribution is 7.47. The van der Waals surface area contributed by atoms with E-state index in [1.54, 1.807) is 0 Å². The summed E-state index contributed by atoms with van der Waals surface area (Å²) < 4.78 is 68.4. The number of carbonyl (C=O) groups excluding carboxylic acids is 4. The van der Waals surface area contributed by atoms with E-state index < -0.39 is 97.5 Å². The molecule has 0 saturated carbocycles. The summed E-state index contributed by atoms with van der Waals surface area (Å²) in [6.45, 7) is 14.1. The van der Waals surface area contributed by atoms with Crippen LogP contribution in [0.4, 0.5) is 0 Å². The van der Waals surface area contributed by atoms with Gasteiger partial charge in [0.25, 0.3) is 0 Å². The lowest BCUT2D eigenvalue weighted by Crippen LogP contribution is -2.30. The van der Waals surface area contributed by atoms with Crippen molar-refractivity contribution in [3.05, 3.63) is 0 Å². The highest BCUT2D eigenvalue weighted by Gasteiger charge is 2.30. The number of aliphatic hydroxyl groups is 1. The van der Waals surface area contributed by atoms with E-state index in [1.165, 1.54) is 180 Å². The average Bonchev–Trinajstić information content (AvgIpc) is 1.94. The van der Waals surface area contributed by atoms with Crippen molar-refractivity contribution in [3.63, 3.8) is 0 Å². The summed E-state index contributed by atoms with van der Waals surface area (Å²) in [6.07, 6.45) is 50.3. The zero-order valence-corrected chi connectivity index (χ0v) is 64.1. The lowest BCUT2D eigenvalue weighted by atomic mass is 9.99. The third-order valence-corrected chi connectivity index (χ3v) is 19.8. The molecule has 0 fully saturated rings. The maximum absolute atomic E-state index is 13.1. The van der Waals surface area contributed by atoms with Gasteiger partial charge in [-0.25, -0.2) is 9.13 Å². The molecule has 0 rings (SSSR count). The molecule has 0 spiro atoms. The van der Waals surface area contributed by atoms with Crippen molar-refractivity contribution in [1.29, 1.82) is 0 Å². The van der Waals surface area contributed by atoms with E-state index in [-0.39, 0.29) is 25.7 Å². The van der Waals surface area contributed by atoms with Gasteiger partial charge in [-0.3, -0.25) is 37.3 Å². The highest BCUT2D eigenvalue weighted by atomic mass is 31.2. The number of phosphoric ester groups is 2. The summed E-state index contributed by atoms with van der Waals surface area (Å²) >= 11 is 0. The van der Waals surface area contributed by atoms with Gasteiger partial charge < -0.3 is 33.8 Å². The molecule has 0 aliphatic rings. The maximum Gasteiger partial charge on any atom is 0.472 e. The smallest absolute Gasteiger partial charge is 0.462 e. The zero-order chi connectivity index (χ0) is 70.3. The van der Waals surface area contributed by atoms with Crippen molar-refractivity contribution in [3.8, 4) is 0 Å².